The summed E-state index contributed by atoms with van der Waals surface area (Å²) in [4.78, 5) is 8.66. The smallest absolute Gasteiger partial charge is 0.0995 e. The number of hydrogen-bond acceptors (Lipinski definition) is 3. The molecule has 0 spiro atoms. The van der Waals surface area contributed by atoms with Crippen molar-refractivity contribution in [3.05, 3.63) is 102 Å². The number of benzene rings is 2. The number of nitrogens with zero attached hydrogens (tertiary/aromatic N) is 3. The van der Waals surface area contributed by atoms with E-state index in [2.05, 4.69) is 101 Å². The van der Waals surface area contributed by atoms with Crippen LogP contribution in [0.2, 0.25) is 0 Å². The number of nitrogens with one attached hydrogen (secondary N) is 1. The second kappa shape index (κ2) is 9.23. The van der Waals surface area contributed by atoms with Crippen LogP contribution in [0.5, 0.6) is 0 Å². The first-order valence-corrected chi connectivity index (χ1v) is 10.2. The maximum Gasteiger partial charge on any atom is 0.0995 e. The fraction of sp³-hybridized carbons (Fsp3) is 0.154. The molecule has 0 bridgehead atoms. The lowest BCUT2D eigenvalue weighted by Gasteiger charge is -2.09. The summed E-state index contributed by atoms with van der Waals surface area (Å²) in [5.41, 5.74) is 6.56. The number of anilines is 2. The van der Waals surface area contributed by atoms with Gasteiger partial charge in [0.05, 0.1) is 12.0 Å². The summed E-state index contributed by atoms with van der Waals surface area (Å²) in [6.07, 6.45) is 12.8. The van der Waals surface area contributed by atoms with Gasteiger partial charge in [-0.2, -0.15) is 0 Å². The third-order valence-electron chi connectivity index (χ3n) is 4.75. The molecular weight excluding hydrogens is 368 g/mol. The fourth-order valence-corrected chi connectivity index (χ4v) is 3.28. The minimum atomic E-state index is 0. The zero-order valence-electron chi connectivity index (χ0n) is 17.4. The highest BCUT2D eigenvalue weighted by Gasteiger charge is 2.04. The maximum atomic E-state index is 4.53. The first-order valence-electron chi connectivity index (χ1n) is 10.2. The summed E-state index contributed by atoms with van der Waals surface area (Å²) in [6, 6.07) is 20.7. The van der Waals surface area contributed by atoms with E-state index < -0.39 is 0 Å². The van der Waals surface area contributed by atoms with Gasteiger partial charge < -0.3 is 9.88 Å². The highest BCUT2D eigenvalue weighted by molar-refractivity contribution is 5.71. The van der Waals surface area contributed by atoms with Crippen LogP contribution in [0.3, 0.4) is 0 Å². The summed E-state index contributed by atoms with van der Waals surface area (Å²) in [6.45, 7) is 4.42. The Balaban J connectivity index is 0.00000272. The predicted octanol–water partition coefficient (Wildman–Crippen LogP) is 6.63. The van der Waals surface area contributed by atoms with Gasteiger partial charge in [0.2, 0.25) is 0 Å². The average molecular weight is 397 g/mol. The van der Waals surface area contributed by atoms with Crippen LogP contribution in [0, 0.1) is 5.92 Å². The highest BCUT2D eigenvalue weighted by Crippen LogP contribution is 2.21. The van der Waals surface area contributed by atoms with Crippen LogP contribution >= 0.6 is 0 Å². The first kappa shape index (κ1) is 19.6. The Labute approximate surface area is 179 Å². The van der Waals surface area contributed by atoms with Gasteiger partial charge in [-0.3, -0.25) is 4.98 Å². The van der Waals surface area contributed by atoms with Crippen molar-refractivity contribution in [2.75, 3.05) is 5.32 Å². The number of hydrogen-bond donors (Lipinski definition) is 1. The minimum Gasteiger partial charge on any atom is -0.355 e. The van der Waals surface area contributed by atoms with Crippen molar-refractivity contribution >= 4 is 23.5 Å². The van der Waals surface area contributed by atoms with E-state index in [1.54, 1.807) is 6.20 Å². The topological polar surface area (TPSA) is 42.7 Å². The monoisotopic (exact) mass is 396 g/mol. The second-order valence-corrected chi connectivity index (χ2v) is 7.79. The second-order valence-electron chi connectivity index (χ2n) is 7.79. The lowest BCUT2D eigenvalue weighted by molar-refractivity contribution is 0.637. The van der Waals surface area contributed by atoms with E-state index in [1.165, 1.54) is 0 Å². The van der Waals surface area contributed by atoms with Crippen molar-refractivity contribution < 1.29 is 1.43 Å². The predicted molar refractivity (Wildman–Crippen MR) is 127 cm³/mol. The molecule has 0 unspecified atom stereocenters. The molecule has 0 amide bonds. The van der Waals surface area contributed by atoms with Crippen molar-refractivity contribution in [2.45, 2.75) is 20.3 Å². The largest absolute Gasteiger partial charge is 0.355 e. The molecule has 0 saturated carbocycles. The van der Waals surface area contributed by atoms with Gasteiger partial charge in [-0.15, -0.1) is 0 Å². The Morgan fingerprint density at radius 2 is 1.80 bits per heavy atom. The van der Waals surface area contributed by atoms with Crippen LogP contribution in [0.4, 0.5) is 11.4 Å². The Kier molecular flexibility index (Phi) is 6.04. The maximum absolute atomic E-state index is 4.53. The van der Waals surface area contributed by atoms with E-state index in [-0.39, 0.29) is 1.43 Å². The lowest BCUT2D eigenvalue weighted by Crippen LogP contribution is -1.95. The van der Waals surface area contributed by atoms with Gasteiger partial charge in [-0.05, 0) is 59.9 Å². The standard InChI is InChI=1S/C26H26N4.H2/c1-20(2)15-25-18-30(19-28-25)26-7-3-6-24(16-26)29-23-12-10-21(11-13-23)8-9-22-5-4-14-27-17-22;/h3-14,16-20,29H,15H2,1-2H3;1H/b9-8+;. The lowest BCUT2D eigenvalue weighted by atomic mass is 10.1. The van der Waals surface area contributed by atoms with Crippen molar-refractivity contribution in [2.24, 2.45) is 5.92 Å². The molecule has 2 heterocycles. The molecule has 152 valence electrons. The van der Waals surface area contributed by atoms with E-state index >= 15 is 0 Å². The van der Waals surface area contributed by atoms with Crippen LogP contribution < -0.4 is 5.32 Å². The Hall–Kier alpha value is -3.66. The van der Waals surface area contributed by atoms with Crippen molar-refractivity contribution in [3.8, 4) is 5.69 Å². The fourth-order valence-electron chi connectivity index (χ4n) is 3.28. The average Bonchev–Trinajstić information content (AvgIpc) is 3.22. The Bertz CT molecular complexity index is 1120. The molecule has 1 N–H and O–H groups in total. The van der Waals surface area contributed by atoms with Crippen molar-refractivity contribution in [1.29, 1.82) is 0 Å². The summed E-state index contributed by atoms with van der Waals surface area (Å²) in [7, 11) is 0. The van der Waals surface area contributed by atoms with E-state index in [0.717, 1.165) is 40.3 Å². The van der Waals surface area contributed by atoms with E-state index in [1.807, 2.05) is 24.7 Å². The van der Waals surface area contributed by atoms with E-state index in [0.29, 0.717) is 5.92 Å². The van der Waals surface area contributed by atoms with Crippen LogP contribution in [0.25, 0.3) is 17.8 Å². The third-order valence-corrected chi connectivity index (χ3v) is 4.75. The summed E-state index contributed by atoms with van der Waals surface area (Å²) >= 11 is 0. The molecule has 0 fully saturated rings. The number of rotatable bonds is 7. The van der Waals surface area contributed by atoms with Crippen LogP contribution in [-0.4, -0.2) is 14.5 Å². The van der Waals surface area contributed by atoms with Crippen LogP contribution in [-0.2, 0) is 6.42 Å². The van der Waals surface area contributed by atoms with Gasteiger partial charge >= 0.3 is 0 Å². The molecule has 4 aromatic rings. The van der Waals surface area contributed by atoms with Gasteiger partial charge in [0.15, 0.2) is 0 Å². The molecule has 0 aliphatic heterocycles. The summed E-state index contributed by atoms with van der Waals surface area (Å²) in [5, 5.41) is 3.49. The Morgan fingerprint density at radius 1 is 0.967 bits per heavy atom. The van der Waals surface area contributed by atoms with Gasteiger partial charge in [-0.25, -0.2) is 4.98 Å². The van der Waals surface area contributed by atoms with Crippen molar-refractivity contribution in [1.82, 2.24) is 14.5 Å². The molecule has 0 saturated heterocycles. The van der Waals surface area contributed by atoms with E-state index in [4.69, 9.17) is 0 Å². The molecule has 2 aromatic carbocycles. The van der Waals surface area contributed by atoms with Gasteiger partial charge in [-0.1, -0.05) is 50.3 Å². The number of imidazole rings is 1. The SMILES string of the molecule is CC(C)Cc1cn(-c2cccc(Nc3ccc(/C=C/c4cccnc4)cc3)c2)cn1.[HH]. The van der Waals surface area contributed by atoms with Gasteiger partial charge in [0, 0.05) is 37.1 Å². The van der Waals surface area contributed by atoms with Gasteiger partial charge in [0.25, 0.3) is 0 Å². The molecule has 4 nitrogen and oxygen atoms in total. The minimum absolute atomic E-state index is 0. The number of pyridine rings is 1. The Morgan fingerprint density at radius 3 is 2.57 bits per heavy atom. The summed E-state index contributed by atoms with van der Waals surface area (Å²) in [5.74, 6) is 0.600. The molecule has 2 aromatic heterocycles. The van der Waals surface area contributed by atoms with Crippen LogP contribution in [0.1, 0.15) is 32.1 Å². The van der Waals surface area contributed by atoms with Crippen molar-refractivity contribution in [3.63, 3.8) is 0 Å². The molecule has 0 atom stereocenters. The zero-order valence-corrected chi connectivity index (χ0v) is 17.4. The van der Waals surface area contributed by atoms with E-state index in [9.17, 15) is 0 Å². The summed E-state index contributed by atoms with van der Waals surface area (Å²) < 4.78 is 2.08. The molecule has 30 heavy (non-hydrogen) atoms. The molecule has 0 aliphatic carbocycles. The van der Waals surface area contributed by atoms with Gasteiger partial charge in [0.1, 0.15) is 0 Å². The first-order chi connectivity index (χ1) is 14.7. The molecule has 4 heteroatoms. The molecule has 0 radical (unpaired) electrons. The van der Waals surface area contributed by atoms with Crippen LogP contribution in [0.15, 0.2) is 85.6 Å². The molecule has 0 aliphatic rings. The molecule has 4 rings (SSSR count). The number of aromatic nitrogens is 3. The quantitative estimate of drug-likeness (QED) is 0.381. The highest BCUT2D eigenvalue weighted by atomic mass is 15.0. The molecular formula is C26H28N4. The third kappa shape index (κ3) is 5.23. The normalized spacial score (nSPS) is 11.3. The zero-order chi connectivity index (χ0) is 20.8.